The number of halogens is 1. The van der Waals surface area contributed by atoms with Crippen LogP contribution in [0.25, 0.3) is 11.0 Å². The predicted molar refractivity (Wildman–Crippen MR) is 98.8 cm³/mol. The van der Waals surface area contributed by atoms with Gasteiger partial charge in [0.25, 0.3) is 5.91 Å². The van der Waals surface area contributed by atoms with Crippen molar-refractivity contribution in [2.75, 3.05) is 6.54 Å². The third kappa shape index (κ3) is 3.93. The molecule has 3 aromatic rings. The van der Waals surface area contributed by atoms with Gasteiger partial charge in [-0.25, -0.2) is 14.2 Å². The van der Waals surface area contributed by atoms with Crippen LogP contribution in [0.3, 0.4) is 0 Å². The van der Waals surface area contributed by atoms with Crippen molar-refractivity contribution in [3.8, 4) is 5.75 Å². The number of fused-ring (bicyclic) bond motifs is 1. The Kier molecular flexibility index (Phi) is 5.25. The van der Waals surface area contributed by atoms with Crippen molar-refractivity contribution in [2.45, 2.75) is 20.0 Å². The molecule has 0 saturated carbocycles. The van der Waals surface area contributed by atoms with Gasteiger partial charge >= 0.3 is 5.97 Å². The molecular formula is C19H19FN4O4. The number of hydrogen-bond acceptors (Lipinski definition) is 5. The largest absolute Gasteiger partial charge is 0.478 e. The predicted octanol–water partition coefficient (Wildman–Crippen LogP) is 1.99. The number of aliphatic carboxylic acids is 1. The van der Waals surface area contributed by atoms with Crippen molar-refractivity contribution in [3.05, 3.63) is 53.1 Å². The van der Waals surface area contributed by atoms with E-state index >= 15 is 0 Å². The molecule has 0 aliphatic rings. The lowest BCUT2D eigenvalue weighted by molar-refractivity contribution is -0.144. The Balaban J connectivity index is 1.79. The van der Waals surface area contributed by atoms with Crippen molar-refractivity contribution in [3.63, 3.8) is 0 Å². The van der Waals surface area contributed by atoms with Crippen LogP contribution in [0, 0.1) is 19.7 Å². The number of ether oxygens (including phenoxy) is 1. The van der Waals surface area contributed by atoms with E-state index in [0.29, 0.717) is 28.0 Å². The highest BCUT2D eigenvalue weighted by Crippen LogP contribution is 2.21. The molecule has 3 rings (SSSR count). The normalized spacial score (nSPS) is 12.0. The van der Waals surface area contributed by atoms with E-state index < -0.39 is 23.8 Å². The molecule has 146 valence electrons. The Bertz CT molecular complexity index is 1050. The number of nitrogens with one attached hydrogen (secondary N) is 1. The van der Waals surface area contributed by atoms with E-state index in [2.05, 4.69) is 15.4 Å². The summed E-state index contributed by atoms with van der Waals surface area (Å²) >= 11 is 0. The van der Waals surface area contributed by atoms with Crippen molar-refractivity contribution in [1.29, 1.82) is 0 Å². The number of nitrogens with zero attached hydrogens (tertiary/aromatic N) is 3. The maximum Gasteiger partial charge on any atom is 0.346 e. The van der Waals surface area contributed by atoms with E-state index in [1.165, 1.54) is 12.1 Å². The summed E-state index contributed by atoms with van der Waals surface area (Å²) in [6, 6.07) is 6.59. The van der Waals surface area contributed by atoms with Gasteiger partial charge in [-0.3, -0.25) is 9.48 Å². The number of carbonyl (C=O) groups excluding carboxylic acids is 1. The fourth-order valence-corrected chi connectivity index (χ4v) is 2.89. The highest BCUT2D eigenvalue weighted by atomic mass is 19.1. The van der Waals surface area contributed by atoms with Crippen LogP contribution in [0.2, 0.25) is 0 Å². The molecular weight excluding hydrogens is 367 g/mol. The first-order valence-electron chi connectivity index (χ1n) is 8.50. The molecule has 8 nitrogen and oxygen atoms in total. The minimum atomic E-state index is -1.33. The van der Waals surface area contributed by atoms with E-state index in [1.54, 1.807) is 31.6 Å². The molecule has 9 heteroatoms. The van der Waals surface area contributed by atoms with Crippen molar-refractivity contribution in [2.24, 2.45) is 7.05 Å². The van der Waals surface area contributed by atoms with Crippen LogP contribution in [0.4, 0.5) is 4.39 Å². The van der Waals surface area contributed by atoms with Crippen LogP contribution in [-0.2, 0) is 11.8 Å². The lowest BCUT2D eigenvalue weighted by Gasteiger charge is -2.16. The summed E-state index contributed by atoms with van der Waals surface area (Å²) in [7, 11) is 1.74. The van der Waals surface area contributed by atoms with Gasteiger partial charge in [-0.2, -0.15) is 5.10 Å². The third-order valence-corrected chi connectivity index (χ3v) is 4.16. The van der Waals surface area contributed by atoms with Crippen molar-refractivity contribution >= 4 is 22.9 Å². The lowest BCUT2D eigenvalue weighted by atomic mass is 10.1. The summed E-state index contributed by atoms with van der Waals surface area (Å²) in [5, 5.41) is 16.8. The van der Waals surface area contributed by atoms with Gasteiger partial charge in [-0.1, -0.05) is 0 Å². The molecule has 0 aliphatic carbocycles. The first kappa shape index (κ1) is 19.3. The summed E-state index contributed by atoms with van der Waals surface area (Å²) in [6.07, 6.45) is -1.33. The van der Waals surface area contributed by atoms with Crippen LogP contribution in [0.1, 0.15) is 21.7 Å². The topological polar surface area (TPSA) is 106 Å². The van der Waals surface area contributed by atoms with Gasteiger partial charge in [-0.15, -0.1) is 0 Å². The van der Waals surface area contributed by atoms with E-state index in [0.717, 1.165) is 12.1 Å². The Morgan fingerprint density at radius 2 is 1.96 bits per heavy atom. The van der Waals surface area contributed by atoms with Crippen LogP contribution in [0.15, 0.2) is 30.3 Å². The SMILES string of the molecule is Cc1cc(C(=O)NCC(Oc2ccc(F)cc2)C(=O)O)c2c(C)nn(C)c2n1. The number of hydrogen-bond donors (Lipinski definition) is 2. The molecule has 28 heavy (non-hydrogen) atoms. The van der Waals surface area contributed by atoms with Crippen LogP contribution >= 0.6 is 0 Å². The summed E-state index contributed by atoms with van der Waals surface area (Å²) < 4.78 is 19.9. The molecule has 1 amide bonds. The molecule has 0 spiro atoms. The molecule has 0 saturated heterocycles. The van der Waals surface area contributed by atoms with Crippen molar-refractivity contribution in [1.82, 2.24) is 20.1 Å². The maximum atomic E-state index is 13.0. The summed E-state index contributed by atoms with van der Waals surface area (Å²) in [5.74, 6) is -1.98. The third-order valence-electron chi connectivity index (χ3n) is 4.16. The van der Waals surface area contributed by atoms with Crippen LogP contribution in [0.5, 0.6) is 5.75 Å². The van der Waals surface area contributed by atoms with E-state index in [-0.39, 0.29) is 12.3 Å². The Labute approximate surface area is 159 Å². The van der Waals surface area contributed by atoms with Crippen molar-refractivity contribution < 1.29 is 23.8 Å². The highest BCUT2D eigenvalue weighted by Gasteiger charge is 2.23. The number of carboxylic acids is 1. The first-order chi connectivity index (χ1) is 13.3. The minimum absolute atomic E-state index is 0.188. The quantitative estimate of drug-likeness (QED) is 0.671. The molecule has 1 atom stereocenters. The molecule has 2 N–H and O–H groups in total. The maximum absolute atomic E-state index is 13.0. The first-order valence-corrected chi connectivity index (χ1v) is 8.50. The number of carbonyl (C=O) groups is 2. The monoisotopic (exact) mass is 386 g/mol. The molecule has 2 aromatic heterocycles. The summed E-state index contributed by atoms with van der Waals surface area (Å²) in [5.41, 5.74) is 2.21. The molecule has 0 bridgehead atoms. The van der Waals surface area contributed by atoms with Gasteiger partial charge in [0.2, 0.25) is 6.10 Å². The van der Waals surface area contributed by atoms with Gasteiger partial charge in [0.05, 0.1) is 23.2 Å². The summed E-state index contributed by atoms with van der Waals surface area (Å²) in [4.78, 5) is 28.6. The Hall–Kier alpha value is -3.49. The van der Waals surface area contributed by atoms with E-state index in [1.807, 2.05) is 0 Å². The van der Waals surface area contributed by atoms with Gasteiger partial charge in [-0.05, 0) is 44.2 Å². The number of aryl methyl sites for hydroxylation is 3. The second-order valence-electron chi connectivity index (χ2n) is 6.33. The van der Waals surface area contributed by atoms with Gasteiger partial charge in [0, 0.05) is 12.7 Å². The van der Waals surface area contributed by atoms with Gasteiger partial charge in [0.15, 0.2) is 5.65 Å². The molecule has 2 heterocycles. The Morgan fingerprint density at radius 3 is 2.61 bits per heavy atom. The van der Waals surface area contributed by atoms with E-state index in [4.69, 9.17) is 4.74 Å². The zero-order chi connectivity index (χ0) is 20.4. The van der Waals surface area contributed by atoms with Crippen LogP contribution < -0.4 is 10.1 Å². The highest BCUT2D eigenvalue weighted by molar-refractivity contribution is 6.06. The van der Waals surface area contributed by atoms with E-state index in [9.17, 15) is 19.1 Å². The second-order valence-corrected chi connectivity index (χ2v) is 6.33. The average molecular weight is 386 g/mol. The van der Waals surface area contributed by atoms with Gasteiger partial charge < -0.3 is 15.2 Å². The smallest absolute Gasteiger partial charge is 0.346 e. The number of pyridine rings is 1. The number of amides is 1. The fourth-order valence-electron chi connectivity index (χ4n) is 2.89. The standard InChI is InChI=1S/C19H19FN4O4/c1-10-8-14(16-11(2)23-24(3)17(16)22-10)18(25)21-9-15(19(26)27)28-13-6-4-12(20)5-7-13/h4-8,15H,9H2,1-3H3,(H,21,25)(H,26,27). The lowest BCUT2D eigenvalue weighted by Crippen LogP contribution is -2.40. The van der Waals surface area contributed by atoms with Gasteiger partial charge in [0.1, 0.15) is 11.6 Å². The zero-order valence-corrected chi connectivity index (χ0v) is 15.6. The zero-order valence-electron chi connectivity index (χ0n) is 15.6. The number of rotatable bonds is 6. The molecule has 0 fully saturated rings. The average Bonchev–Trinajstić information content (AvgIpc) is 2.92. The summed E-state index contributed by atoms with van der Waals surface area (Å²) in [6.45, 7) is 3.26. The number of aromatic nitrogens is 3. The molecule has 0 aliphatic heterocycles. The Morgan fingerprint density at radius 1 is 1.29 bits per heavy atom. The molecule has 1 aromatic carbocycles. The number of benzene rings is 1. The molecule has 0 radical (unpaired) electrons. The second kappa shape index (κ2) is 7.63. The fraction of sp³-hybridized carbons (Fsp3) is 0.263. The minimum Gasteiger partial charge on any atom is -0.478 e. The number of carboxylic acid groups (broad SMARTS) is 1. The molecule has 1 unspecified atom stereocenters. The van der Waals surface area contributed by atoms with Crippen LogP contribution in [-0.4, -0.2) is 44.4 Å².